The zero-order valence-corrected chi connectivity index (χ0v) is 13.8. The standard InChI is InChI=1S/C15H14Cl2FNO2S/c16-14-6-3-12(9-15(14)17)10-22(20,21)19-8-7-11-1-4-13(18)5-2-11/h1-6,9,19H,7-8,10H2. The number of hydrogen-bond donors (Lipinski definition) is 1. The Morgan fingerprint density at radius 1 is 0.955 bits per heavy atom. The van der Waals surface area contributed by atoms with Crippen molar-refractivity contribution in [3.63, 3.8) is 0 Å². The molecule has 0 spiro atoms. The van der Waals surface area contributed by atoms with Crippen LogP contribution in [0.15, 0.2) is 42.5 Å². The van der Waals surface area contributed by atoms with Gasteiger partial charge in [-0.3, -0.25) is 0 Å². The Morgan fingerprint density at radius 2 is 1.59 bits per heavy atom. The van der Waals surface area contributed by atoms with Gasteiger partial charge in [-0.2, -0.15) is 0 Å². The summed E-state index contributed by atoms with van der Waals surface area (Å²) in [5, 5.41) is 0.702. The van der Waals surface area contributed by atoms with Gasteiger partial charge in [0.2, 0.25) is 10.0 Å². The monoisotopic (exact) mass is 361 g/mol. The minimum atomic E-state index is -3.47. The molecule has 2 aromatic carbocycles. The number of rotatable bonds is 6. The van der Waals surface area contributed by atoms with E-state index in [1.165, 1.54) is 18.2 Å². The van der Waals surface area contributed by atoms with Gasteiger partial charge in [0.25, 0.3) is 0 Å². The van der Waals surface area contributed by atoms with E-state index in [4.69, 9.17) is 23.2 Å². The van der Waals surface area contributed by atoms with Crippen LogP contribution in [0, 0.1) is 5.82 Å². The molecule has 0 atom stereocenters. The first-order chi connectivity index (χ1) is 10.4. The Morgan fingerprint density at radius 3 is 2.23 bits per heavy atom. The molecule has 0 bridgehead atoms. The molecule has 0 aliphatic rings. The highest BCUT2D eigenvalue weighted by molar-refractivity contribution is 7.88. The third-order valence-electron chi connectivity index (χ3n) is 2.99. The molecule has 7 heteroatoms. The zero-order chi connectivity index (χ0) is 16.2. The van der Waals surface area contributed by atoms with Crippen molar-refractivity contribution in [1.29, 1.82) is 0 Å². The second kappa shape index (κ2) is 7.42. The molecule has 0 aliphatic heterocycles. The molecule has 0 heterocycles. The number of halogens is 3. The summed E-state index contributed by atoms with van der Waals surface area (Å²) in [7, 11) is -3.47. The molecule has 0 saturated carbocycles. The predicted octanol–water partition coefficient (Wildman–Crippen LogP) is 3.79. The summed E-state index contributed by atoms with van der Waals surface area (Å²) in [5.41, 5.74) is 1.42. The summed E-state index contributed by atoms with van der Waals surface area (Å²) in [4.78, 5) is 0. The van der Waals surface area contributed by atoms with Gasteiger partial charge in [0.15, 0.2) is 0 Å². The van der Waals surface area contributed by atoms with Crippen LogP contribution in [-0.4, -0.2) is 15.0 Å². The van der Waals surface area contributed by atoms with Crippen LogP contribution in [-0.2, 0) is 22.2 Å². The van der Waals surface area contributed by atoms with Crippen LogP contribution in [0.4, 0.5) is 4.39 Å². The molecule has 3 nitrogen and oxygen atoms in total. The topological polar surface area (TPSA) is 46.2 Å². The van der Waals surface area contributed by atoms with Gasteiger partial charge in [-0.1, -0.05) is 41.4 Å². The quantitative estimate of drug-likeness (QED) is 0.850. The van der Waals surface area contributed by atoms with E-state index in [-0.39, 0.29) is 18.1 Å². The van der Waals surface area contributed by atoms with E-state index in [2.05, 4.69) is 4.72 Å². The van der Waals surface area contributed by atoms with Crippen LogP contribution in [0.5, 0.6) is 0 Å². The number of sulfonamides is 1. The maximum absolute atomic E-state index is 12.8. The van der Waals surface area contributed by atoms with Gasteiger partial charge >= 0.3 is 0 Å². The first-order valence-corrected chi connectivity index (χ1v) is 8.92. The molecule has 2 aromatic rings. The van der Waals surface area contributed by atoms with Gasteiger partial charge in [-0.15, -0.1) is 0 Å². The number of hydrogen-bond acceptors (Lipinski definition) is 2. The van der Waals surface area contributed by atoms with Gasteiger partial charge in [0.05, 0.1) is 15.8 Å². The Hall–Kier alpha value is -1.14. The molecule has 0 saturated heterocycles. The SMILES string of the molecule is O=S(=O)(Cc1ccc(Cl)c(Cl)c1)NCCc1ccc(F)cc1. The minimum Gasteiger partial charge on any atom is -0.215 e. The van der Waals surface area contributed by atoms with E-state index < -0.39 is 10.0 Å². The van der Waals surface area contributed by atoms with E-state index >= 15 is 0 Å². The lowest BCUT2D eigenvalue weighted by atomic mass is 10.1. The fourth-order valence-electron chi connectivity index (χ4n) is 1.90. The summed E-state index contributed by atoms with van der Waals surface area (Å²) in [5.74, 6) is -0.489. The molecule has 0 aromatic heterocycles. The van der Waals surface area contributed by atoms with Crippen molar-refractivity contribution in [2.45, 2.75) is 12.2 Å². The van der Waals surface area contributed by atoms with Crippen LogP contribution in [0.2, 0.25) is 10.0 Å². The van der Waals surface area contributed by atoms with E-state index in [1.807, 2.05) is 0 Å². The maximum Gasteiger partial charge on any atom is 0.215 e. The van der Waals surface area contributed by atoms with Crippen molar-refractivity contribution in [2.75, 3.05) is 6.54 Å². The lowest BCUT2D eigenvalue weighted by Gasteiger charge is -2.08. The van der Waals surface area contributed by atoms with Gasteiger partial charge < -0.3 is 0 Å². The Labute approximate surface area is 139 Å². The molecule has 0 fully saturated rings. The van der Waals surface area contributed by atoms with Gasteiger partial charge in [0.1, 0.15) is 5.82 Å². The largest absolute Gasteiger partial charge is 0.215 e. The summed E-state index contributed by atoms with van der Waals surface area (Å²) in [6.45, 7) is 0.245. The van der Waals surface area contributed by atoms with Crippen molar-refractivity contribution < 1.29 is 12.8 Å². The molecule has 22 heavy (non-hydrogen) atoms. The van der Waals surface area contributed by atoms with Crippen LogP contribution >= 0.6 is 23.2 Å². The van der Waals surface area contributed by atoms with E-state index in [1.54, 1.807) is 24.3 Å². The molecule has 1 N–H and O–H groups in total. The first-order valence-electron chi connectivity index (χ1n) is 6.51. The van der Waals surface area contributed by atoms with Crippen LogP contribution in [0.25, 0.3) is 0 Å². The summed E-state index contributed by atoms with van der Waals surface area (Å²) < 4.78 is 39.3. The highest BCUT2D eigenvalue weighted by atomic mass is 35.5. The van der Waals surface area contributed by atoms with Crippen LogP contribution < -0.4 is 4.72 Å². The van der Waals surface area contributed by atoms with Gasteiger partial charge in [0, 0.05) is 6.54 Å². The fraction of sp³-hybridized carbons (Fsp3) is 0.200. The molecular weight excluding hydrogens is 348 g/mol. The van der Waals surface area contributed by atoms with E-state index in [0.29, 0.717) is 22.0 Å². The van der Waals surface area contributed by atoms with Crippen molar-refractivity contribution in [3.8, 4) is 0 Å². The number of nitrogens with one attached hydrogen (secondary N) is 1. The molecule has 0 unspecified atom stereocenters. The third-order valence-corrected chi connectivity index (χ3v) is 5.09. The lowest BCUT2D eigenvalue weighted by Crippen LogP contribution is -2.27. The fourth-order valence-corrected chi connectivity index (χ4v) is 3.36. The second-order valence-electron chi connectivity index (χ2n) is 4.78. The zero-order valence-electron chi connectivity index (χ0n) is 11.5. The molecule has 0 aliphatic carbocycles. The van der Waals surface area contributed by atoms with Crippen LogP contribution in [0.1, 0.15) is 11.1 Å². The Bertz CT molecular complexity index is 749. The Balaban J connectivity index is 1.90. The maximum atomic E-state index is 12.8. The smallest absolute Gasteiger partial charge is 0.215 e. The predicted molar refractivity (Wildman–Crippen MR) is 87.2 cm³/mol. The summed E-state index contributed by atoms with van der Waals surface area (Å²) >= 11 is 11.7. The molecule has 0 radical (unpaired) electrons. The minimum absolute atomic E-state index is 0.173. The average molecular weight is 362 g/mol. The molecule has 118 valence electrons. The van der Waals surface area contributed by atoms with Crippen molar-refractivity contribution in [2.24, 2.45) is 0 Å². The highest BCUT2D eigenvalue weighted by Crippen LogP contribution is 2.23. The highest BCUT2D eigenvalue weighted by Gasteiger charge is 2.12. The molecular formula is C15H14Cl2FNO2S. The summed E-state index contributed by atoms with van der Waals surface area (Å²) in [6, 6.07) is 10.7. The van der Waals surface area contributed by atoms with Crippen molar-refractivity contribution >= 4 is 33.2 Å². The van der Waals surface area contributed by atoms with E-state index in [9.17, 15) is 12.8 Å². The van der Waals surface area contributed by atoms with Gasteiger partial charge in [-0.05, 0) is 41.8 Å². The third kappa shape index (κ3) is 5.25. The average Bonchev–Trinajstić information content (AvgIpc) is 2.45. The normalized spacial score (nSPS) is 11.6. The number of benzene rings is 2. The second-order valence-corrected chi connectivity index (χ2v) is 7.40. The lowest BCUT2D eigenvalue weighted by molar-refractivity contribution is 0.580. The first kappa shape index (κ1) is 17.2. The molecule has 0 amide bonds. The van der Waals surface area contributed by atoms with Crippen molar-refractivity contribution in [3.05, 3.63) is 69.5 Å². The molecule has 2 rings (SSSR count). The van der Waals surface area contributed by atoms with E-state index in [0.717, 1.165) is 5.56 Å². The van der Waals surface area contributed by atoms with Crippen molar-refractivity contribution in [1.82, 2.24) is 4.72 Å². The van der Waals surface area contributed by atoms with Gasteiger partial charge in [-0.25, -0.2) is 17.5 Å². The Kier molecular flexibility index (Phi) is 5.81. The summed E-state index contributed by atoms with van der Waals surface area (Å²) in [6.07, 6.45) is 0.487. The van der Waals surface area contributed by atoms with Crippen LogP contribution in [0.3, 0.4) is 0 Å².